The minimum Gasteiger partial charge on any atom is -0.496 e. The van der Waals surface area contributed by atoms with Gasteiger partial charge in [0.05, 0.1) is 18.2 Å². The van der Waals surface area contributed by atoms with Gasteiger partial charge in [-0.3, -0.25) is 14.6 Å². The van der Waals surface area contributed by atoms with E-state index >= 15 is 0 Å². The van der Waals surface area contributed by atoms with Crippen molar-refractivity contribution in [1.29, 1.82) is 0 Å². The van der Waals surface area contributed by atoms with E-state index in [9.17, 15) is 9.59 Å². The predicted octanol–water partition coefficient (Wildman–Crippen LogP) is 2.14. The summed E-state index contributed by atoms with van der Waals surface area (Å²) in [6, 6.07) is 8.95. The topological polar surface area (TPSA) is 72.1 Å². The van der Waals surface area contributed by atoms with Gasteiger partial charge in [0.2, 0.25) is 5.78 Å². The summed E-state index contributed by atoms with van der Waals surface area (Å²) in [5, 5.41) is 0.731. The van der Waals surface area contributed by atoms with Crippen LogP contribution in [0.15, 0.2) is 41.3 Å². The average Bonchev–Trinajstić information content (AvgIpc) is 2.81. The minimum atomic E-state index is -0.395. The van der Waals surface area contributed by atoms with Crippen molar-refractivity contribution in [3.63, 3.8) is 0 Å². The van der Waals surface area contributed by atoms with Crippen molar-refractivity contribution < 1.29 is 9.53 Å². The largest absolute Gasteiger partial charge is 0.496 e. The van der Waals surface area contributed by atoms with E-state index in [4.69, 9.17) is 4.74 Å². The summed E-state index contributed by atoms with van der Waals surface area (Å²) in [5.41, 5.74) is 1.99. The van der Waals surface area contributed by atoms with Gasteiger partial charge < -0.3 is 9.72 Å². The molecule has 0 unspecified atom stereocenters. The van der Waals surface area contributed by atoms with Gasteiger partial charge in [-0.25, -0.2) is 0 Å². The maximum Gasteiger partial charge on any atom is 0.260 e. The first kappa shape index (κ1) is 11.8. The van der Waals surface area contributed by atoms with Crippen molar-refractivity contribution in [2.75, 3.05) is 7.11 Å². The van der Waals surface area contributed by atoms with Gasteiger partial charge >= 0.3 is 0 Å². The molecule has 0 fully saturated rings. The van der Waals surface area contributed by atoms with E-state index in [1.165, 1.54) is 0 Å². The molecular formula is C16H10N2O3. The van der Waals surface area contributed by atoms with Crippen molar-refractivity contribution in [3.05, 3.63) is 58.1 Å². The van der Waals surface area contributed by atoms with Gasteiger partial charge in [-0.2, -0.15) is 0 Å². The minimum absolute atomic E-state index is 0.140. The summed E-state index contributed by atoms with van der Waals surface area (Å²) in [5.74, 6) is 0.277. The Kier molecular flexibility index (Phi) is 2.27. The molecule has 1 aromatic carbocycles. The van der Waals surface area contributed by atoms with Crippen LogP contribution in [0.25, 0.3) is 22.0 Å². The highest BCUT2D eigenvalue weighted by Crippen LogP contribution is 2.41. The van der Waals surface area contributed by atoms with Crippen LogP contribution in [0.5, 0.6) is 5.75 Å². The Morgan fingerprint density at radius 3 is 2.76 bits per heavy atom. The Balaban J connectivity index is 2.29. The lowest BCUT2D eigenvalue weighted by atomic mass is 10.0. The summed E-state index contributed by atoms with van der Waals surface area (Å²) < 4.78 is 5.39. The van der Waals surface area contributed by atoms with Crippen LogP contribution in [0.3, 0.4) is 0 Å². The molecule has 1 aliphatic carbocycles. The molecule has 0 aliphatic heterocycles. The quantitative estimate of drug-likeness (QED) is 0.579. The molecule has 0 radical (unpaired) electrons. The summed E-state index contributed by atoms with van der Waals surface area (Å²) in [4.78, 5) is 31.5. The molecule has 1 aliphatic rings. The molecule has 21 heavy (non-hydrogen) atoms. The monoisotopic (exact) mass is 278 g/mol. The summed E-state index contributed by atoms with van der Waals surface area (Å²) in [7, 11) is 1.56. The normalized spacial score (nSPS) is 12.3. The molecule has 2 heterocycles. The number of H-pyrrole nitrogens is 1. The molecule has 0 saturated heterocycles. The van der Waals surface area contributed by atoms with E-state index in [1.807, 2.05) is 0 Å². The first-order valence-electron chi connectivity index (χ1n) is 6.45. The zero-order valence-corrected chi connectivity index (χ0v) is 11.1. The van der Waals surface area contributed by atoms with Gasteiger partial charge in [0.1, 0.15) is 11.4 Å². The Hall–Kier alpha value is -2.95. The number of fused-ring (bicyclic) bond motifs is 5. The van der Waals surface area contributed by atoms with E-state index in [0.717, 1.165) is 5.39 Å². The first-order chi connectivity index (χ1) is 10.2. The van der Waals surface area contributed by atoms with Crippen LogP contribution in [-0.4, -0.2) is 22.9 Å². The Morgan fingerprint density at radius 1 is 1.10 bits per heavy atom. The fourth-order valence-electron chi connectivity index (χ4n) is 2.88. The highest BCUT2D eigenvalue weighted by molar-refractivity contribution is 6.25. The van der Waals surface area contributed by atoms with E-state index < -0.39 is 5.56 Å². The molecule has 3 aromatic rings. The number of pyridine rings is 2. The summed E-state index contributed by atoms with van der Waals surface area (Å²) in [6.07, 6.45) is 1.55. The summed E-state index contributed by atoms with van der Waals surface area (Å²) >= 11 is 0. The van der Waals surface area contributed by atoms with Gasteiger partial charge in [-0.05, 0) is 18.2 Å². The SMILES string of the molecule is COc1cccc2[nH]c(=O)c3c(c12)-c1cccnc1C3=O. The van der Waals surface area contributed by atoms with Crippen molar-refractivity contribution in [2.45, 2.75) is 0 Å². The number of ether oxygens (including phenoxy) is 1. The maximum absolute atomic E-state index is 12.4. The zero-order valence-electron chi connectivity index (χ0n) is 11.1. The van der Waals surface area contributed by atoms with Crippen LogP contribution < -0.4 is 10.3 Å². The number of aromatic amines is 1. The summed E-state index contributed by atoms with van der Waals surface area (Å²) in [6.45, 7) is 0. The van der Waals surface area contributed by atoms with Crippen molar-refractivity contribution in [1.82, 2.24) is 9.97 Å². The number of benzene rings is 1. The molecule has 0 atom stereocenters. The highest BCUT2D eigenvalue weighted by atomic mass is 16.5. The van der Waals surface area contributed by atoms with Crippen LogP contribution >= 0.6 is 0 Å². The van der Waals surface area contributed by atoms with Crippen LogP contribution in [0.2, 0.25) is 0 Å². The fourth-order valence-corrected chi connectivity index (χ4v) is 2.88. The van der Waals surface area contributed by atoms with Crippen molar-refractivity contribution in [3.8, 4) is 16.9 Å². The van der Waals surface area contributed by atoms with Crippen molar-refractivity contribution >= 4 is 16.7 Å². The molecule has 1 N–H and O–H groups in total. The fraction of sp³-hybridized carbons (Fsp3) is 0.0625. The Bertz CT molecular complexity index is 973. The number of hydrogen-bond acceptors (Lipinski definition) is 4. The zero-order chi connectivity index (χ0) is 14.6. The first-order valence-corrected chi connectivity index (χ1v) is 6.45. The third-order valence-electron chi connectivity index (χ3n) is 3.74. The molecule has 0 amide bonds. The Morgan fingerprint density at radius 2 is 1.95 bits per heavy atom. The van der Waals surface area contributed by atoms with Crippen LogP contribution in [-0.2, 0) is 0 Å². The van der Waals surface area contributed by atoms with Crippen LogP contribution in [0.1, 0.15) is 16.1 Å². The van der Waals surface area contributed by atoms with Crippen LogP contribution in [0, 0.1) is 0 Å². The third-order valence-corrected chi connectivity index (χ3v) is 3.74. The third kappa shape index (κ3) is 1.43. The Labute approximate surface area is 119 Å². The van der Waals surface area contributed by atoms with Gasteiger partial charge in [0.25, 0.3) is 5.56 Å². The number of hydrogen-bond donors (Lipinski definition) is 1. The predicted molar refractivity (Wildman–Crippen MR) is 77.8 cm³/mol. The molecule has 5 heteroatoms. The van der Waals surface area contributed by atoms with Gasteiger partial charge in [0.15, 0.2) is 0 Å². The second kappa shape index (κ2) is 4.02. The molecule has 102 valence electrons. The lowest BCUT2D eigenvalue weighted by Crippen LogP contribution is -2.16. The van der Waals surface area contributed by atoms with Gasteiger partial charge in [0, 0.05) is 22.7 Å². The number of nitrogens with one attached hydrogen (secondary N) is 1. The number of aromatic nitrogens is 2. The number of carbonyl (C=O) groups excluding carboxylic acids is 1. The van der Waals surface area contributed by atoms with Crippen molar-refractivity contribution in [2.24, 2.45) is 0 Å². The molecule has 0 spiro atoms. The van der Waals surface area contributed by atoms with E-state index in [-0.39, 0.29) is 11.3 Å². The highest BCUT2D eigenvalue weighted by Gasteiger charge is 2.33. The smallest absolute Gasteiger partial charge is 0.260 e. The van der Waals surface area contributed by atoms with Gasteiger partial charge in [-0.15, -0.1) is 0 Å². The lowest BCUT2D eigenvalue weighted by Gasteiger charge is -2.09. The molecule has 0 bridgehead atoms. The molecule has 0 saturated carbocycles. The lowest BCUT2D eigenvalue weighted by molar-refractivity contribution is 0.103. The molecular weight excluding hydrogens is 268 g/mol. The van der Waals surface area contributed by atoms with Gasteiger partial charge in [-0.1, -0.05) is 12.1 Å². The number of nitrogens with zero attached hydrogens (tertiary/aromatic N) is 1. The second-order valence-corrected chi connectivity index (χ2v) is 4.82. The molecule has 2 aromatic heterocycles. The number of carbonyl (C=O) groups is 1. The number of rotatable bonds is 1. The molecule has 5 nitrogen and oxygen atoms in total. The standard InChI is InChI=1S/C16H10N2O3/c1-21-10-6-2-5-9-12(10)11-8-4-3-7-17-14(8)15(19)13(11)16(20)18-9/h2-7H,1H3,(H,18,20). The van der Waals surface area contributed by atoms with E-state index in [2.05, 4.69) is 9.97 Å². The van der Waals surface area contributed by atoms with Crippen LogP contribution in [0.4, 0.5) is 0 Å². The van der Waals surface area contributed by atoms with E-state index in [0.29, 0.717) is 28.1 Å². The van der Waals surface area contributed by atoms with E-state index in [1.54, 1.807) is 43.6 Å². The maximum atomic E-state index is 12.4. The number of ketones is 1. The second-order valence-electron chi connectivity index (χ2n) is 4.82. The average molecular weight is 278 g/mol. The molecule has 4 rings (SSSR count). The number of methoxy groups -OCH3 is 1.